The van der Waals surface area contributed by atoms with Crippen molar-refractivity contribution in [2.24, 2.45) is 5.10 Å². The van der Waals surface area contributed by atoms with E-state index in [0.717, 1.165) is 48.5 Å². The molecule has 0 radical (unpaired) electrons. The Morgan fingerprint density at radius 3 is 2.90 bits per heavy atom. The van der Waals surface area contributed by atoms with Crippen LogP contribution in [0.25, 0.3) is 10.1 Å². The summed E-state index contributed by atoms with van der Waals surface area (Å²) in [6, 6.07) is 13.4. The van der Waals surface area contributed by atoms with Gasteiger partial charge in [-0.3, -0.25) is 9.69 Å². The molecular formula is C23H25N3O4S. The number of fused-ring (bicyclic) bond motifs is 1. The van der Waals surface area contributed by atoms with Crippen molar-refractivity contribution in [1.29, 1.82) is 0 Å². The van der Waals surface area contributed by atoms with Crippen LogP contribution < -0.4 is 14.9 Å². The molecule has 0 aliphatic carbocycles. The number of rotatable bonds is 8. The van der Waals surface area contributed by atoms with Gasteiger partial charge in [0.2, 0.25) is 0 Å². The van der Waals surface area contributed by atoms with E-state index < -0.39 is 0 Å². The molecule has 0 saturated carbocycles. The van der Waals surface area contributed by atoms with Gasteiger partial charge in [-0.2, -0.15) is 5.10 Å². The van der Waals surface area contributed by atoms with Crippen LogP contribution in [0.3, 0.4) is 0 Å². The minimum absolute atomic E-state index is 0.233. The fourth-order valence-corrected chi connectivity index (χ4v) is 4.31. The Kier molecular flexibility index (Phi) is 7.14. The summed E-state index contributed by atoms with van der Waals surface area (Å²) in [5, 5.41) is 6.88. The molecule has 0 unspecified atom stereocenters. The summed E-state index contributed by atoms with van der Waals surface area (Å²) in [5.74, 6) is 1.08. The van der Waals surface area contributed by atoms with Gasteiger partial charge in [0, 0.05) is 35.1 Å². The third-order valence-corrected chi connectivity index (χ3v) is 6.03. The summed E-state index contributed by atoms with van der Waals surface area (Å²) in [7, 11) is 1.61. The van der Waals surface area contributed by atoms with E-state index in [9.17, 15) is 4.79 Å². The minimum Gasteiger partial charge on any atom is -0.493 e. The summed E-state index contributed by atoms with van der Waals surface area (Å²) in [4.78, 5) is 14.8. The average molecular weight is 440 g/mol. The van der Waals surface area contributed by atoms with Crippen LogP contribution in [0.5, 0.6) is 11.5 Å². The molecule has 1 aliphatic heterocycles. The molecule has 1 fully saturated rings. The molecule has 1 aliphatic rings. The molecule has 2 aromatic carbocycles. The molecule has 2 heterocycles. The zero-order valence-corrected chi connectivity index (χ0v) is 18.2. The van der Waals surface area contributed by atoms with Crippen LogP contribution in [0.15, 0.2) is 52.9 Å². The average Bonchev–Trinajstić information content (AvgIpc) is 3.25. The van der Waals surface area contributed by atoms with E-state index >= 15 is 0 Å². The number of nitrogens with one attached hydrogen (secondary N) is 1. The van der Waals surface area contributed by atoms with Crippen LogP contribution in [0.4, 0.5) is 0 Å². The Labute approximate surface area is 185 Å². The van der Waals surface area contributed by atoms with Gasteiger partial charge < -0.3 is 14.2 Å². The Bertz CT molecular complexity index is 1060. The summed E-state index contributed by atoms with van der Waals surface area (Å²) in [6.45, 7) is 4.84. The maximum Gasteiger partial charge on any atom is 0.272 e. The molecule has 0 spiro atoms. The zero-order valence-electron chi connectivity index (χ0n) is 17.4. The topological polar surface area (TPSA) is 72.4 Å². The van der Waals surface area contributed by atoms with Crippen LogP contribution in [0.1, 0.15) is 15.9 Å². The Morgan fingerprint density at radius 2 is 2.06 bits per heavy atom. The van der Waals surface area contributed by atoms with Gasteiger partial charge in [0.25, 0.3) is 5.91 Å². The second-order valence-corrected chi connectivity index (χ2v) is 7.97. The number of nitrogens with zero attached hydrogens (tertiary/aromatic N) is 2. The van der Waals surface area contributed by atoms with Gasteiger partial charge in [-0.1, -0.05) is 18.2 Å². The van der Waals surface area contributed by atoms with Crippen molar-refractivity contribution in [2.75, 3.05) is 46.6 Å². The summed E-state index contributed by atoms with van der Waals surface area (Å²) in [5.41, 5.74) is 4.02. The van der Waals surface area contributed by atoms with Crippen molar-refractivity contribution in [3.8, 4) is 11.5 Å². The van der Waals surface area contributed by atoms with Crippen molar-refractivity contribution in [2.45, 2.75) is 0 Å². The molecule has 0 atom stereocenters. The molecule has 7 nitrogen and oxygen atoms in total. The van der Waals surface area contributed by atoms with Crippen LogP contribution in [-0.4, -0.2) is 63.6 Å². The van der Waals surface area contributed by atoms with E-state index in [4.69, 9.17) is 14.2 Å². The van der Waals surface area contributed by atoms with Gasteiger partial charge in [-0.05, 0) is 29.8 Å². The molecule has 1 saturated heterocycles. The van der Waals surface area contributed by atoms with Gasteiger partial charge in [-0.15, -0.1) is 11.3 Å². The maximum absolute atomic E-state index is 12.5. The molecule has 0 bridgehead atoms. The SMILES string of the molecule is COc1cc(/C=N/NC(=O)c2csc3ccccc23)ccc1OCCN1CCOCC1. The number of morpholine rings is 1. The quantitative estimate of drug-likeness (QED) is 0.430. The van der Waals surface area contributed by atoms with Crippen molar-refractivity contribution < 1.29 is 19.0 Å². The van der Waals surface area contributed by atoms with Gasteiger partial charge in [-0.25, -0.2) is 5.43 Å². The predicted molar refractivity (Wildman–Crippen MR) is 123 cm³/mol. The summed E-state index contributed by atoms with van der Waals surface area (Å²) < 4.78 is 17.8. The molecule has 31 heavy (non-hydrogen) atoms. The normalized spacial score (nSPS) is 14.7. The number of amides is 1. The number of hydrogen-bond donors (Lipinski definition) is 1. The molecule has 4 rings (SSSR count). The number of carbonyl (C=O) groups is 1. The van der Waals surface area contributed by atoms with E-state index in [1.54, 1.807) is 24.7 Å². The number of benzene rings is 2. The third kappa shape index (κ3) is 5.41. The fourth-order valence-electron chi connectivity index (χ4n) is 3.37. The number of ether oxygens (including phenoxy) is 3. The Morgan fingerprint density at radius 1 is 1.23 bits per heavy atom. The monoisotopic (exact) mass is 439 g/mol. The molecule has 1 amide bonds. The van der Waals surface area contributed by atoms with Crippen LogP contribution in [-0.2, 0) is 4.74 Å². The highest BCUT2D eigenvalue weighted by molar-refractivity contribution is 7.17. The van der Waals surface area contributed by atoms with Gasteiger partial charge in [0.15, 0.2) is 11.5 Å². The van der Waals surface area contributed by atoms with E-state index in [2.05, 4.69) is 15.4 Å². The Balaban J connectivity index is 1.33. The minimum atomic E-state index is -0.233. The maximum atomic E-state index is 12.5. The molecule has 8 heteroatoms. The first-order chi connectivity index (χ1) is 15.2. The lowest BCUT2D eigenvalue weighted by molar-refractivity contribution is 0.0321. The van der Waals surface area contributed by atoms with Crippen LogP contribution in [0, 0.1) is 0 Å². The highest BCUT2D eigenvalue weighted by Gasteiger charge is 2.12. The second-order valence-electron chi connectivity index (χ2n) is 7.06. The third-order valence-electron chi connectivity index (χ3n) is 5.06. The van der Waals surface area contributed by atoms with E-state index in [1.165, 1.54) is 0 Å². The highest BCUT2D eigenvalue weighted by Crippen LogP contribution is 2.28. The number of carbonyl (C=O) groups excluding carboxylic acids is 1. The molecule has 1 aromatic heterocycles. The summed E-state index contributed by atoms with van der Waals surface area (Å²) >= 11 is 1.54. The van der Waals surface area contributed by atoms with Crippen molar-refractivity contribution in [1.82, 2.24) is 10.3 Å². The zero-order chi connectivity index (χ0) is 21.5. The lowest BCUT2D eigenvalue weighted by atomic mass is 10.2. The van der Waals surface area contributed by atoms with E-state index in [1.807, 2.05) is 47.8 Å². The van der Waals surface area contributed by atoms with Crippen molar-refractivity contribution in [3.63, 3.8) is 0 Å². The Hall–Kier alpha value is -2.94. The summed E-state index contributed by atoms with van der Waals surface area (Å²) in [6.07, 6.45) is 1.59. The molecule has 3 aromatic rings. The number of hydrazone groups is 1. The number of thiophene rings is 1. The van der Waals surface area contributed by atoms with Crippen LogP contribution in [0.2, 0.25) is 0 Å². The predicted octanol–water partition coefficient (Wildman–Crippen LogP) is 3.38. The number of methoxy groups -OCH3 is 1. The van der Waals surface area contributed by atoms with E-state index in [0.29, 0.717) is 23.7 Å². The standard InChI is InChI=1S/C23H25N3O4S/c1-28-21-14-17(6-7-20(21)30-13-10-26-8-11-29-12-9-26)15-24-25-23(27)19-16-31-22-5-3-2-4-18(19)22/h2-7,14-16H,8-13H2,1H3,(H,25,27)/b24-15+. The number of hydrogen-bond acceptors (Lipinski definition) is 7. The fraction of sp³-hybridized carbons (Fsp3) is 0.304. The second kappa shape index (κ2) is 10.4. The molecule has 1 N–H and O–H groups in total. The van der Waals surface area contributed by atoms with Crippen molar-refractivity contribution in [3.05, 3.63) is 59.0 Å². The largest absolute Gasteiger partial charge is 0.493 e. The lowest BCUT2D eigenvalue weighted by Gasteiger charge is -2.26. The first kappa shape index (κ1) is 21.3. The highest BCUT2D eigenvalue weighted by atomic mass is 32.1. The molecule has 162 valence electrons. The van der Waals surface area contributed by atoms with Gasteiger partial charge in [0.05, 0.1) is 32.1 Å². The smallest absolute Gasteiger partial charge is 0.272 e. The lowest BCUT2D eigenvalue weighted by Crippen LogP contribution is -2.38. The van der Waals surface area contributed by atoms with Crippen LogP contribution >= 0.6 is 11.3 Å². The van der Waals surface area contributed by atoms with Gasteiger partial charge in [0.1, 0.15) is 6.61 Å². The first-order valence-electron chi connectivity index (χ1n) is 10.1. The van der Waals surface area contributed by atoms with Gasteiger partial charge >= 0.3 is 0 Å². The first-order valence-corrected chi connectivity index (χ1v) is 11.0. The molecular weight excluding hydrogens is 414 g/mol. The van der Waals surface area contributed by atoms with E-state index in [-0.39, 0.29) is 5.91 Å². The van der Waals surface area contributed by atoms with Crippen molar-refractivity contribution >= 4 is 33.5 Å².